The zero-order chi connectivity index (χ0) is 23.6. The lowest BCUT2D eigenvalue weighted by molar-refractivity contribution is -0.139. The lowest BCUT2D eigenvalue weighted by Gasteiger charge is -2.21. The van der Waals surface area contributed by atoms with Gasteiger partial charge in [0.25, 0.3) is 0 Å². The van der Waals surface area contributed by atoms with Gasteiger partial charge in [-0.25, -0.2) is 0 Å². The molecule has 0 saturated heterocycles. The molecule has 1 aliphatic rings. The molecule has 0 atom stereocenters. The Balaban J connectivity index is 1.97. The van der Waals surface area contributed by atoms with E-state index >= 15 is 0 Å². The van der Waals surface area contributed by atoms with Gasteiger partial charge in [-0.15, -0.1) is 0 Å². The normalized spacial score (nSPS) is 14.8. The summed E-state index contributed by atoms with van der Waals surface area (Å²) in [5.74, 6) is -1.58. The number of fused-ring (bicyclic) bond motifs is 1. The van der Waals surface area contributed by atoms with Crippen molar-refractivity contribution in [1.82, 2.24) is 10.9 Å². The van der Waals surface area contributed by atoms with E-state index < -0.39 is 23.6 Å². The summed E-state index contributed by atoms with van der Waals surface area (Å²) in [6.07, 6.45) is -4.96. The number of amides is 1. The molecule has 2 aromatic rings. The molecule has 2 aromatic carbocycles. The minimum absolute atomic E-state index is 0.189. The summed E-state index contributed by atoms with van der Waals surface area (Å²) in [5.41, 5.74) is 9.58. The van der Waals surface area contributed by atoms with Crippen LogP contribution >= 0.6 is 0 Å². The number of anilines is 2. The first kappa shape index (κ1) is 23.2. The Kier molecular flexibility index (Phi) is 6.47. The van der Waals surface area contributed by atoms with Crippen molar-refractivity contribution in [3.8, 4) is 0 Å². The zero-order valence-electron chi connectivity index (χ0n) is 17.9. The summed E-state index contributed by atoms with van der Waals surface area (Å²) >= 11 is 0. The number of aryl methyl sites for hydroxylation is 2. The van der Waals surface area contributed by atoms with Crippen molar-refractivity contribution in [2.75, 3.05) is 11.4 Å². The number of carbonyl (C=O) groups is 2. The van der Waals surface area contributed by atoms with Crippen molar-refractivity contribution in [3.05, 3.63) is 64.3 Å². The fraction of sp³-hybridized carbons (Fsp3) is 0.304. The molecule has 0 unspecified atom stereocenters. The van der Waals surface area contributed by atoms with Crippen LogP contribution in [0.4, 0.5) is 24.5 Å². The average Bonchev–Trinajstić information content (AvgIpc) is 3.08. The molecule has 1 heterocycles. The second kappa shape index (κ2) is 8.94. The van der Waals surface area contributed by atoms with Gasteiger partial charge in [-0.1, -0.05) is 12.1 Å². The highest BCUT2D eigenvalue weighted by atomic mass is 19.4. The molecule has 170 valence electrons. The van der Waals surface area contributed by atoms with Gasteiger partial charge in [0.2, 0.25) is 5.91 Å². The third kappa shape index (κ3) is 5.22. The molecule has 32 heavy (non-hydrogen) atoms. The molecule has 3 rings (SSSR count). The summed E-state index contributed by atoms with van der Waals surface area (Å²) in [6.45, 7) is 5.87. The van der Waals surface area contributed by atoms with E-state index in [1.807, 2.05) is 36.9 Å². The van der Waals surface area contributed by atoms with Crippen LogP contribution in [0.2, 0.25) is 0 Å². The van der Waals surface area contributed by atoms with Crippen LogP contribution in [-0.2, 0) is 15.8 Å². The van der Waals surface area contributed by atoms with E-state index in [9.17, 15) is 22.8 Å². The average molecular weight is 447 g/mol. The van der Waals surface area contributed by atoms with Crippen molar-refractivity contribution >= 4 is 28.8 Å². The van der Waals surface area contributed by atoms with Crippen molar-refractivity contribution < 1.29 is 27.9 Å². The number of hydrogen-bond donors (Lipinski definition) is 3. The second-order valence-electron chi connectivity index (χ2n) is 7.83. The molecule has 6 nitrogen and oxygen atoms in total. The van der Waals surface area contributed by atoms with E-state index in [1.165, 1.54) is 6.07 Å². The van der Waals surface area contributed by atoms with Gasteiger partial charge in [0.15, 0.2) is 0 Å². The van der Waals surface area contributed by atoms with Crippen molar-refractivity contribution in [3.63, 3.8) is 0 Å². The van der Waals surface area contributed by atoms with E-state index in [1.54, 1.807) is 6.92 Å². The molecule has 0 aliphatic carbocycles. The highest BCUT2D eigenvalue weighted by molar-refractivity contribution is 5.91. The van der Waals surface area contributed by atoms with Crippen LogP contribution in [0.25, 0.3) is 5.57 Å². The maximum atomic E-state index is 13.4. The minimum Gasteiger partial charge on any atom is -0.481 e. The van der Waals surface area contributed by atoms with Crippen molar-refractivity contribution in [2.45, 2.75) is 39.8 Å². The van der Waals surface area contributed by atoms with Crippen LogP contribution in [0.15, 0.2) is 42.1 Å². The van der Waals surface area contributed by atoms with Crippen LogP contribution in [-0.4, -0.2) is 23.5 Å². The molecule has 0 aromatic heterocycles. The molecule has 0 radical (unpaired) electrons. The standard InChI is InChI=1S/C23H24F3N3O3/c1-13-8-14(2)10-17(9-13)29-12-19(15(3)27-28-21(30)6-7-22(31)32)18-5-4-16(11-20(18)29)23(24,25)26/h4-5,8-11,27H,6-7,12H2,1-3H3,(H,28,30)(H,31,32)/b19-15+. The van der Waals surface area contributed by atoms with Gasteiger partial charge >= 0.3 is 12.1 Å². The molecule has 0 saturated carbocycles. The number of hydrogen-bond acceptors (Lipinski definition) is 4. The van der Waals surface area contributed by atoms with Crippen LogP contribution in [0.3, 0.4) is 0 Å². The first-order valence-electron chi connectivity index (χ1n) is 9.99. The molecule has 0 spiro atoms. The van der Waals surface area contributed by atoms with Gasteiger partial charge in [-0.05, 0) is 56.2 Å². The van der Waals surface area contributed by atoms with Gasteiger partial charge in [0, 0.05) is 34.6 Å². The van der Waals surface area contributed by atoms with Gasteiger partial charge < -0.3 is 15.4 Å². The molecular weight excluding hydrogens is 423 g/mol. The number of allylic oxidation sites excluding steroid dienone is 1. The Bertz CT molecular complexity index is 1070. The topological polar surface area (TPSA) is 81.7 Å². The molecule has 0 bridgehead atoms. The van der Waals surface area contributed by atoms with Gasteiger partial charge in [0.1, 0.15) is 0 Å². The van der Waals surface area contributed by atoms with E-state index in [4.69, 9.17) is 5.11 Å². The molecule has 9 heteroatoms. The van der Waals surface area contributed by atoms with Crippen LogP contribution in [0, 0.1) is 13.8 Å². The van der Waals surface area contributed by atoms with E-state index in [0.717, 1.165) is 34.5 Å². The molecule has 1 amide bonds. The number of carbonyl (C=O) groups excluding carboxylic acids is 1. The Hall–Kier alpha value is -3.49. The van der Waals surface area contributed by atoms with E-state index in [0.29, 0.717) is 23.5 Å². The summed E-state index contributed by atoms with van der Waals surface area (Å²) < 4.78 is 40.1. The minimum atomic E-state index is -4.47. The maximum absolute atomic E-state index is 13.4. The van der Waals surface area contributed by atoms with Gasteiger partial charge in [-0.3, -0.25) is 15.0 Å². The molecule has 3 N–H and O–H groups in total. The summed E-state index contributed by atoms with van der Waals surface area (Å²) in [7, 11) is 0. The van der Waals surface area contributed by atoms with Crippen LogP contribution in [0.5, 0.6) is 0 Å². The molecule has 0 fully saturated rings. The molecular formula is C23H24F3N3O3. The summed E-state index contributed by atoms with van der Waals surface area (Å²) in [4.78, 5) is 24.3. The summed E-state index contributed by atoms with van der Waals surface area (Å²) in [6, 6.07) is 9.44. The van der Waals surface area contributed by atoms with Crippen LogP contribution < -0.4 is 15.8 Å². The smallest absolute Gasteiger partial charge is 0.416 e. The Morgan fingerprint density at radius 2 is 1.69 bits per heavy atom. The highest BCUT2D eigenvalue weighted by Crippen LogP contribution is 2.44. The van der Waals surface area contributed by atoms with Crippen molar-refractivity contribution in [1.29, 1.82) is 0 Å². The third-order valence-electron chi connectivity index (χ3n) is 5.18. The van der Waals surface area contributed by atoms with Crippen LogP contribution in [0.1, 0.15) is 42.0 Å². The van der Waals surface area contributed by atoms with Crippen molar-refractivity contribution in [2.24, 2.45) is 0 Å². The Morgan fingerprint density at radius 1 is 1.03 bits per heavy atom. The van der Waals surface area contributed by atoms with E-state index in [2.05, 4.69) is 10.9 Å². The second-order valence-corrected chi connectivity index (χ2v) is 7.83. The third-order valence-corrected chi connectivity index (χ3v) is 5.18. The number of halogens is 3. The monoisotopic (exact) mass is 447 g/mol. The largest absolute Gasteiger partial charge is 0.481 e. The molecule has 1 aliphatic heterocycles. The number of benzene rings is 2. The fourth-order valence-corrected chi connectivity index (χ4v) is 3.69. The SMILES string of the molecule is C/C(NNC(=O)CCC(=O)O)=C1/CN(c2cc(C)cc(C)c2)c2cc(C(F)(F)F)ccc21. The quantitative estimate of drug-likeness (QED) is 0.560. The predicted molar refractivity (Wildman–Crippen MR) is 115 cm³/mol. The number of nitrogens with zero attached hydrogens (tertiary/aromatic N) is 1. The number of alkyl halides is 3. The Labute approximate surface area is 183 Å². The number of carboxylic acids is 1. The first-order chi connectivity index (χ1) is 15.0. The number of hydrazine groups is 1. The number of carboxylic acid groups (broad SMARTS) is 1. The number of nitrogens with one attached hydrogen (secondary N) is 2. The lowest BCUT2D eigenvalue weighted by Crippen LogP contribution is -2.36. The first-order valence-corrected chi connectivity index (χ1v) is 9.99. The highest BCUT2D eigenvalue weighted by Gasteiger charge is 2.34. The Morgan fingerprint density at radius 3 is 2.28 bits per heavy atom. The number of rotatable bonds is 6. The van der Waals surface area contributed by atoms with E-state index in [-0.39, 0.29) is 12.8 Å². The fourth-order valence-electron chi connectivity index (χ4n) is 3.69. The van der Waals surface area contributed by atoms with Gasteiger partial charge in [-0.2, -0.15) is 13.2 Å². The lowest BCUT2D eigenvalue weighted by atomic mass is 10.0. The predicted octanol–water partition coefficient (Wildman–Crippen LogP) is 4.69. The summed E-state index contributed by atoms with van der Waals surface area (Å²) in [5, 5.41) is 8.68. The number of aliphatic carboxylic acids is 1. The van der Waals surface area contributed by atoms with Gasteiger partial charge in [0.05, 0.1) is 18.5 Å². The maximum Gasteiger partial charge on any atom is 0.416 e. The zero-order valence-corrected chi connectivity index (χ0v) is 17.9.